The van der Waals surface area contributed by atoms with Gasteiger partial charge in [-0.15, -0.1) is 0 Å². The Bertz CT molecular complexity index is 897. The van der Waals surface area contributed by atoms with Crippen molar-refractivity contribution < 1.29 is 13.9 Å². The van der Waals surface area contributed by atoms with Gasteiger partial charge < -0.3 is 14.5 Å². The van der Waals surface area contributed by atoms with E-state index in [0.717, 1.165) is 17.9 Å². The standard InChI is InChI=1S/C19H19N3O3/c1-12-6-7-18(25-12)15-9-16(22-21-15)19(23)20-10-13-8-14-4-2-3-5-17(14)24-11-13/h2-7,9,13H,8,10-11H2,1H3,(H,20,23)(H,21,22)/t13-/m0/s1. The molecule has 4 rings (SSSR count). The number of rotatable bonds is 4. The number of amides is 1. The van der Waals surface area contributed by atoms with Gasteiger partial charge in [0.05, 0.1) is 6.61 Å². The predicted molar refractivity (Wildman–Crippen MR) is 92.5 cm³/mol. The first-order valence-corrected chi connectivity index (χ1v) is 8.30. The van der Waals surface area contributed by atoms with Crippen molar-refractivity contribution in [3.63, 3.8) is 0 Å². The molecule has 0 unspecified atom stereocenters. The predicted octanol–water partition coefficient (Wildman–Crippen LogP) is 2.96. The average molecular weight is 337 g/mol. The van der Waals surface area contributed by atoms with Crippen LogP contribution in [0.4, 0.5) is 0 Å². The van der Waals surface area contributed by atoms with Crippen molar-refractivity contribution in [2.45, 2.75) is 13.3 Å². The first-order chi connectivity index (χ1) is 12.2. The molecule has 1 aromatic carbocycles. The van der Waals surface area contributed by atoms with Crippen LogP contribution in [0, 0.1) is 12.8 Å². The van der Waals surface area contributed by atoms with Gasteiger partial charge in [0.25, 0.3) is 5.91 Å². The second kappa shape index (κ2) is 6.47. The van der Waals surface area contributed by atoms with Crippen molar-refractivity contribution in [3.8, 4) is 17.2 Å². The molecule has 128 valence electrons. The molecule has 0 radical (unpaired) electrons. The van der Waals surface area contributed by atoms with Gasteiger partial charge in [-0.1, -0.05) is 18.2 Å². The Balaban J connectivity index is 1.36. The highest BCUT2D eigenvalue weighted by molar-refractivity contribution is 5.93. The summed E-state index contributed by atoms with van der Waals surface area (Å²) >= 11 is 0. The zero-order chi connectivity index (χ0) is 17.2. The number of hydrogen-bond donors (Lipinski definition) is 2. The lowest BCUT2D eigenvalue weighted by atomic mass is 9.97. The molecule has 2 N–H and O–H groups in total. The highest BCUT2D eigenvalue weighted by Crippen LogP contribution is 2.26. The van der Waals surface area contributed by atoms with E-state index in [-0.39, 0.29) is 11.8 Å². The van der Waals surface area contributed by atoms with Crippen LogP contribution in [0.3, 0.4) is 0 Å². The third-order valence-electron chi connectivity index (χ3n) is 4.32. The van der Waals surface area contributed by atoms with Crippen molar-refractivity contribution in [1.82, 2.24) is 15.5 Å². The van der Waals surface area contributed by atoms with E-state index in [1.807, 2.05) is 37.3 Å². The lowest BCUT2D eigenvalue weighted by molar-refractivity contribution is 0.0934. The van der Waals surface area contributed by atoms with E-state index >= 15 is 0 Å². The van der Waals surface area contributed by atoms with Crippen LogP contribution in [-0.4, -0.2) is 29.3 Å². The van der Waals surface area contributed by atoms with Gasteiger partial charge in [0.2, 0.25) is 0 Å². The number of benzene rings is 1. The molecule has 1 atom stereocenters. The minimum atomic E-state index is -0.204. The number of carbonyl (C=O) groups excluding carboxylic acids is 1. The number of ether oxygens (including phenoxy) is 1. The SMILES string of the molecule is Cc1ccc(-c2cc(C(=O)NC[C@H]3COc4ccccc4C3)n[nH]2)o1. The highest BCUT2D eigenvalue weighted by atomic mass is 16.5. The topological polar surface area (TPSA) is 80.1 Å². The maximum atomic E-state index is 12.3. The number of H-pyrrole nitrogens is 1. The molecule has 0 aliphatic carbocycles. The Kier molecular flexibility index (Phi) is 4.01. The van der Waals surface area contributed by atoms with E-state index in [4.69, 9.17) is 9.15 Å². The minimum absolute atomic E-state index is 0.204. The second-order valence-electron chi connectivity index (χ2n) is 6.28. The van der Waals surface area contributed by atoms with E-state index in [0.29, 0.717) is 30.3 Å². The van der Waals surface area contributed by atoms with Crippen molar-refractivity contribution in [2.75, 3.05) is 13.2 Å². The fourth-order valence-corrected chi connectivity index (χ4v) is 2.99. The lowest BCUT2D eigenvalue weighted by Crippen LogP contribution is -2.34. The summed E-state index contributed by atoms with van der Waals surface area (Å²) in [6.45, 7) is 3.03. The fraction of sp³-hybridized carbons (Fsp3) is 0.263. The first kappa shape index (κ1) is 15.5. The van der Waals surface area contributed by atoms with Crippen LogP contribution in [-0.2, 0) is 6.42 Å². The molecule has 1 amide bonds. The smallest absolute Gasteiger partial charge is 0.271 e. The van der Waals surface area contributed by atoms with Gasteiger partial charge >= 0.3 is 0 Å². The summed E-state index contributed by atoms with van der Waals surface area (Å²) in [5, 5.41) is 9.85. The first-order valence-electron chi connectivity index (χ1n) is 8.30. The van der Waals surface area contributed by atoms with Gasteiger partial charge in [-0.3, -0.25) is 9.89 Å². The highest BCUT2D eigenvalue weighted by Gasteiger charge is 2.21. The van der Waals surface area contributed by atoms with Crippen molar-refractivity contribution >= 4 is 5.91 Å². The molecule has 3 aromatic rings. The van der Waals surface area contributed by atoms with E-state index < -0.39 is 0 Å². The zero-order valence-electron chi connectivity index (χ0n) is 13.9. The van der Waals surface area contributed by atoms with Gasteiger partial charge in [0.15, 0.2) is 11.5 Å². The molecule has 2 aromatic heterocycles. The molecular formula is C19H19N3O3. The summed E-state index contributed by atoms with van der Waals surface area (Å²) in [4.78, 5) is 12.3. The van der Waals surface area contributed by atoms with E-state index in [1.54, 1.807) is 6.07 Å². The number of carbonyl (C=O) groups is 1. The Morgan fingerprint density at radius 2 is 2.20 bits per heavy atom. The zero-order valence-corrected chi connectivity index (χ0v) is 13.9. The van der Waals surface area contributed by atoms with Crippen LogP contribution >= 0.6 is 0 Å². The molecule has 0 bridgehead atoms. The number of hydrogen-bond acceptors (Lipinski definition) is 4. The van der Waals surface area contributed by atoms with Crippen molar-refractivity contribution in [1.29, 1.82) is 0 Å². The summed E-state index contributed by atoms with van der Waals surface area (Å²) in [5.41, 5.74) is 2.22. The molecule has 1 aliphatic rings. The minimum Gasteiger partial charge on any atom is -0.493 e. The van der Waals surface area contributed by atoms with Crippen LogP contribution in [0.2, 0.25) is 0 Å². The quantitative estimate of drug-likeness (QED) is 0.767. The summed E-state index contributed by atoms with van der Waals surface area (Å²) in [6, 6.07) is 13.4. The molecule has 0 saturated heterocycles. The number of aryl methyl sites for hydroxylation is 1. The maximum Gasteiger partial charge on any atom is 0.271 e. The van der Waals surface area contributed by atoms with Gasteiger partial charge in [-0.25, -0.2) is 0 Å². The molecule has 0 saturated carbocycles. The van der Waals surface area contributed by atoms with Crippen LogP contribution in [0.15, 0.2) is 46.9 Å². The van der Waals surface area contributed by atoms with Crippen LogP contribution in [0.1, 0.15) is 21.8 Å². The fourth-order valence-electron chi connectivity index (χ4n) is 2.99. The Labute approximate surface area is 145 Å². The third-order valence-corrected chi connectivity index (χ3v) is 4.32. The molecule has 0 fully saturated rings. The van der Waals surface area contributed by atoms with E-state index in [9.17, 15) is 4.79 Å². The maximum absolute atomic E-state index is 12.3. The third kappa shape index (κ3) is 3.28. The van der Waals surface area contributed by atoms with Crippen LogP contribution in [0.5, 0.6) is 5.75 Å². The molecule has 3 heterocycles. The van der Waals surface area contributed by atoms with Crippen LogP contribution in [0.25, 0.3) is 11.5 Å². The number of fused-ring (bicyclic) bond motifs is 1. The normalized spacial score (nSPS) is 16.1. The number of furan rings is 1. The summed E-state index contributed by atoms with van der Waals surface area (Å²) in [5.74, 6) is 2.47. The Hall–Kier alpha value is -3.02. The molecule has 25 heavy (non-hydrogen) atoms. The Morgan fingerprint density at radius 3 is 3.04 bits per heavy atom. The molecule has 1 aliphatic heterocycles. The van der Waals surface area contributed by atoms with E-state index in [1.165, 1.54) is 5.56 Å². The van der Waals surface area contributed by atoms with Gasteiger partial charge in [0.1, 0.15) is 17.2 Å². The summed E-state index contributed by atoms with van der Waals surface area (Å²) < 4.78 is 11.3. The second-order valence-corrected chi connectivity index (χ2v) is 6.28. The number of nitrogens with one attached hydrogen (secondary N) is 2. The lowest BCUT2D eigenvalue weighted by Gasteiger charge is -2.25. The largest absolute Gasteiger partial charge is 0.493 e. The number of aromatic nitrogens is 2. The number of para-hydroxylation sites is 1. The molecule has 6 heteroatoms. The Morgan fingerprint density at radius 1 is 1.32 bits per heavy atom. The molecular weight excluding hydrogens is 318 g/mol. The average Bonchev–Trinajstić information content (AvgIpc) is 3.28. The van der Waals surface area contributed by atoms with Crippen molar-refractivity contribution in [3.05, 3.63) is 59.5 Å². The number of nitrogens with zero attached hydrogens (tertiary/aromatic N) is 1. The van der Waals surface area contributed by atoms with Crippen LogP contribution < -0.4 is 10.1 Å². The monoisotopic (exact) mass is 337 g/mol. The molecule has 6 nitrogen and oxygen atoms in total. The van der Waals surface area contributed by atoms with Gasteiger partial charge in [-0.2, -0.15) is 5.10 Å². The van der Waals surface area contributed by atoms with Gasteiger partial charge in [-0.05, 0) is 37.1 Å². The number of aromatic amines is 1. The summed E-state index contributed by atoms with van der Waals surface area (Å²) in [7, 11) is 0. The molecule has 0 spiro atoms. The van der Waals surface area contributed by atoms with Crippen molar-refractivity contribution in [2.24, 2.45) is 5.92 Å². The summed E-state index contributed by atoms with van der Waals surface area (Å²) in [6.07, 6.45) is 0.897. The van der Waals surface area contributed by atoms with Gasteiger partial charge in [0, 0.05) is 18.5 Å². The van der Waals surface area contributed by atoms with E-state index in [2.05, 4.69) is 21.6 Å².